The zero-order valence-electron chi connectivity index (χ0n) is 15.6. The highest BCUT2D eigenvalue weighted by Gasteiger charge is 2.19. The van der Waals surface area contributed by atoms with Crippen molar-refractivity contribution in [3.63, 3.8) is 0 Å². The van der Waals surface area contributed by atoms with E-state index in [1.165, 1.54) is 0 Å². The van der Waals surface area contributed by atoms with Gasteiger partial charge in [-0.15, -0.1) is 11.3 Å². The SMILES string of the molecule is CCOC(=O)CCCCCNC(=O)N1CCCN(Cc2nccs2)CC1. The van der Waals surface area contributed by atoms with Crippen LogP contribution in [0.3, 0.4) is 0 Å². The summed E-state index contributed by atoms with van der Waals surface area (Å²) in [6, 6.07) is 0.0199. The number of urea groups is 1. The first kappa shape index (κ1) is 20.6. The van der Waals surface area contributed by atoms with Crippen molar-refractivity contribution in [1.29, 1.82) is 0 Å². The van der Waals surface area contributed by atoms with Crippen LogP contribution >= 0.6 is 11.3 Å². The number of ether oxygens (including phenoxy) is 1. The minimum atomic E-state index is -0.136. The van der Waals surface area contributed by atoms with Gasteiger partial charge in [-0.1, -0.05) is 6.42 Å². The van der Waals surface area contributed by atoms with Gasteiger partial charge in [-0.2, -0.15) is 0 Å². The van der Waals surface area contributed by atoms with Crippen molar-refractivity contribution in [3.8, 4) is 0 Å². The van der Waals surface area contributed by atoms with Gasteiger partial charge in [0.15, 0.2) is 0 Å². The number of hydrogen-bond acceptors (Lipinski definition) is 6. The number of unbranched alkanes of at least 4 members (excludes halogenated alkanes) is 2. The maximum Gasteiger partial charge on any atom is 0.317 e. The molecule has 26 heavy (non-hydrogen) atoms. The number of nitrogens with zero attached hydrogens (tertiary/aromatic N) is 3. The molecule has 2 rings (SSSR count). The third kappa shape index (κ3) is 7.70. The van der Waals surface area contributed by atoms with Gasteiger partial charge in [-0.25, -0.2) is 9.78 Å². The molecule has 0 atom stereocenters. The Balaban J connectivity index is 1.57. The number of esters is 1. The third-order valence-electron chi connectivity index (χ3n) is 4.36. The highest BCUT2D eigenvalue weighted by Crippen LogP contribution is 2.11. The molecule has 0 radical (unpaired) electrons. The number of amides is 2. The number of carbonyl (C=O) groups is 2. The van der Waals surface area contributed by atoms with Crippen molar-refractivity contribution in [2.75, 3.05) is 39.3 Å². The molecular formula is C18H30N4O3S. The fourth-order valence-electron chi connectivity index (χ4n) is 2.97. The number of thiazole rings is 1. The van der Waals surface area contributed by atoms with Crippen LogP contribution in [0.5, 0.6) is 0 Å². The van der Waals surface area contributed by atoms with Gasteiger partial charge < -0.3 is 15.0 Å². The van der Waals surface area contributed by atoms with E-state index in [9.17, 15) is 9.59 Å². The summed E-state index contributed by atoms with van der Waals surface area (Å²) in [6.45, 7) is 7.20. The second kappa shape index (κ2) is 11.9. The maximum atomic E-state index is 12.3. The summed E-state index contributed by atoms with van der Waals surface area (Å²) >= 11 is 1.68. The van der Waals surface area contributed by atoms with Crippen LogP contribution in [-0.2, 0) is 16.1 Å². The van der Waals surface area contributed by atoms with E-state index in [1.807, 2.05) is 23.4 Å². The van der Waals surface area contributed by atoms with Gasteiger partial charge >= 0.3 is 12.0 Å². The number of nitrogens with one attached hydrogen (secondary N) is 1. The highest BCUT2D eigenvalue weighted by atomic mass is 32.1. The van der Waals surface area contributed by atoms with Crippen molar-refractivity contribution in [2.45, 2.75) is 45.6 Å². The smallest absolute Gasteiger partial charge is 0.317 e. The first-order chi connectivity index (χ1) is 12.7. The Morgan fingerprint density at radius 2 is 2.12 bits per heavy atom. The van der Waals surface area contributed by atoms with E-state index in [0.29, 0.717) is 19.6 Å². The van der Waals surface area contributed by atoms with Crippen molar-refractivity contribution in [3.05, 3.63) is 16.6 Å². The van der Waals surface area contributed by atoms with Crippen LogP contribution in [0.25, 0.3) is 0 Å². The van der Waals surface area contributed by atoms with E-state index in [1.54, 1.807) is 11.3 Å². The summed E-state index contributed by atoms with van der Waals surface area (Å²) < 4.78 is 4.90. The van der Waals surface area contributed by atoms with Crippen LogP contribution in [0.15, 0.2) is 11.6 Å². The normalized spacial score (nSPS) is 15.5. The van der Waals surface area contributed by atoms with E-state index in [2.05, 4.69) is 15.2 Å². The Bertz CT molecular complexity index is 539. The quantitative estimate of drug-likeness (QED) is 0.525. The Kier molecular flexibility index (Phi) is 9.41. The minimum absolute atomic E-state index is 0.0199. The van der Waals surface area contributed by atoms with Crippen LogP contribution in [-0.4, -0.2) is 66.1 Å². The van der Waals surface area contributed by atoms with Gasteiger partial charge in [0, 0.05) is 50.7 Å². The molecule has 0 aliphatic carbocycles. The van der Waals surface area contributed by atoms with Gasteiger partial charge in [0.1, 0.15) is 5.01 Å². The molecule has 0 saturated carbocycles. The molecular weight excluding hydrogens is 352 g/mol. The lowest BCUT2D eigenvalue weighted by atomic mass is 10.2. The molecule has 8 heteroatoms. The molecule has 0 aromatic carbocycles. The zero-order chi connectivity index (χ0) is 18.6. The molecule has 1 aromatic heterocycles. The van der Waals surface area contributed by atoms with E-state index < -0.39 is 0 Å². The maximum absolute atomic E-state index is 12.3. The molecule has 0 unspecified atom stereocenters. The van der Waals surface area contributed by atoms with Gasteiger partial charge in [-0.05, 0) is 26.2 Å². The molecule has 1 fully saturated rings. The number of aromatic nitrogens is 1. The average Bonchev–Trinajstić information content (AvgIpc) is 3.02. The second-order valence-electron chi connectivity index (χ2n) is 6.39. The van der Waals surface area contributed by atoms with Crippen molar-refractivity contribution >= 4 is 23.3 Å². The van der Waals surface area contributed by atoms with E-state index in [4.69, 9.17) is 4.74 Å². The minimum Gasteiger partial charge on any atom is -0.466 e. The standard InChI is InChI=1S/C18H30N4O3S/c1-2-25-17(23)7-4-3-5-8-20-18(24)22-11-6-10-21(12-13-22)15-16-19-9-14-26-16/h9,14H,2-8,10-13,15H2,1H3,(H,20,24). The van der Waals surface area contributed by atoms with E-state index in [0.717, 1.165) is 63.4 Å². The van der Waals surface area contributed by atoms with Crippen molar-refractivity contribution in [1.82, 2.24) is 20.1 Å². The van der Waals surface area contributed by atoms with Crippen LogP contribution in [0.2, 0.25) is 0 Å². The summed E-state index contributed by atoms with van der Waals surface area (Å²) in [5.41, 5.74) is 0. The first-order valence-electron chi connectivity index (χ1n) is 9.48. The number of carbonyl (C=O) groups excluding carboxylic acids is 2. The molecule has 2 amide bonds. The molecule has 1 N–H and O–H groups in total. The van der Waals surface area contributed by atoms with Gasteiger partial charge in [0.25, 0.3) is 0 Å². The zero-order valence-corrected chi connectivity index (χ0v) is 16.4. The summed E-state index contributed by atoms with van der Waals surface area (Å²) in [4.78, 5) is 32.2. The van der Waals surface area contributed by atoms with Crippen LogP contribution in [0.4, 0.5) is 4.79 Å². The largest absolute Gasteiger partial charge is 0.466 e. The van der Waals surface area contributed by atoms with E-state index in [-0.39, 0.29) is 12.0 Å². The second-order valence-corrected chi connectivity index (χ2v) is 7.37. The fourth-order valence-corrected chi connectivity index (χ4v) is 3.62. The molecule has 7 nitrogen and oxygen atoms in total. The third-order valence-corrected chi connectivity index (χ3v) is 5.12. The summed E-state index contributed by atoms with van der Waals surface area (Å²) in [7, 11) is 0. The Labute approximate surface area is 159 Å². The molecule has 1 aromatic rings. The lowest BCUT2D eigenvalue weighted by Crippen LogP contribution is -2.42. The number of rotatable bonds is 9. The first-order valence-corrected chi connectivity index (χ1v) is 10.4. The molecule has 1 aliphatic heterocycles. The molecule has 0 bridgehead atoms. The monoisotopic (exact) mass is 382 g/mol. The predicted octanol–water partition coefficient (Wildman–Crippen LogP) is 2.48. The number of hydrogen-bond donors (Lipinski definition) is 1. The lowest BCUT2D eigenvalue weighted by molar-refractivity contribution is -0.143. The van der Waals surface area contributed by atoms with Crippen LogP contribution in [0.1, 0.15) is 44.0 Å². The Morgan fingerprint density at radius 1 is 1.23 bits per heavy atom. The van der Waals surface area contributed by atoms with Crippen LogP contribution in [0, 0.1) is 0 Å². The summed E-state index contributed by atoms with van der Waals surface area (Å²) in [6.07, 6.45) is 5.89. The molecule has 2 heterocycles. The summed E-state index contributed by atoms with van der Waals surface area (Å²) in [5.74, 6) is -0.136. The molecule has 0 spiro atoms. The lowest BCUT2D eigenvalue weighted by Gasteiger charge is -2.22. The highest BCUT2D eigenvalue weighted by molar-refractivity contribution is 7.09. The topological polar surface area (TPSA) is 74.8 Å². The molecule has 1 aliphatic rings. The predicted molar refractivity (Wildman–Crippen MR) is 102 cm³/mol. The van der Waals surface area contributed by atoms with Gasteiger partial charge in [0.2, 0.25) is 0 Å². The van der Waals surface area contributed by atoms with Crippen molar-refractivity contribution in [2.24, 2.45) is 0 Å². The van der Waals surface area contributed by atoms with Crippen molar-refractivity contribution < 1.29 is 14.3 Å². The van der Waals surface area contributed by atoms with E-state index >= 15 is 0 Å². The molecule has 1 saturated heterocycles. The van der Waals surface area contributed by atoms with Crippen LogP contribution < -0.4 is 5.32 Å². The Hall–Kier alpha value is -1.67. The van der Waals surface area contributed by atoms with Gasteiger partial charge in [-0.3, -0.25) is 9.69 Å². The Morgan fingerprint density at radius 3 is 2.88 bits per heavy atom. The van der Waals surface area contributed by atoms with Gasteiger partial charge in [0.05, 0.1) is 13.2 Å². The summed E-state index contributed by atoms with van der Waals surface area (Å²) in [5, 5.41) is 6.13. The molecule has 146 valence electrons. The fraction of sp³-hybridized carbons (Fsp3) is 0.722. The average molecular weight is 383 g/mol.